The lowest BCUT2D eigenvalue weighted by molar-refractivity contribution is 0.0946. The molecule has 0 fully saturated rings. The maximum absolute atomic E-state index is 13.0. The van der Waals surface area contributed by atoms with Gasteiger partial charge in [0.05, 0.1) is 0 Å². The van der Waals surface area contributed by atoms with E-state index in [4.69, 9.17) is 0 Å². The minimum absolute atomic E-state index is 0.203. The fraction of sp³-hybridized carbons (Fsp3) is 0.0625. The maximum Gasteiger partial charge on any atom is 0.267 e. The molecule has 1 aromatic heterocycles. The van der Waals surface area contributed by atoms with Crippen molar-refractivity contribution in [3.8, 4) is 0 Å². The summed E-state index contributed by atoms with van der Waals surface area (Å²) in [6, 6.07) is 15.7. The van der Waals surface area contributed by atoms with Crippen molar-refractivity contribution in [2.75, 3.05) is 0 Å². The van der Waals surface area contributed by atoms with E-state index >= 15 is 0 Å². The molecule has 0 atom stereocenters. The summed E-state index contributed by atoms with van der Waals surface area (Å²) in [5.41, 5.74) is 2.15. The molecule has 4 heteroatoms. The van der Waals surface area contributed by atoms with Crippen molar-refractivity contribution in [2.45, 2.75) is 6.54 Å². The zero-order valence-electron chi connectivity index (χ0n) is 10.7. The summed E-state index contributed by atoms with van der Waals surface area (Å²) in [5.74, 6) is -0.507. The maximum atomic E-state index is 13.0. The summed E-state index contributed by atoms with van der Waals surface area (Å²) in [5, 5.41) is 3.76. The number of aromatic amines is 1. The van der Waals surface area contributed by atoms with Gasteiger partial charge in [-0.15, -0.1) is 0 Å². The fourth-order valence-electron chi connectivity index (χ4n) is 2.12. The number of hydrogen-bond acceptors (Lipinski definition) is 1. The topological polar surface area (TPSA) is 44.9 Å². The molecule has 2 aromatic carbocycles. The van der Waals surface area contributed by atoms with Crippen molar-refractivity contribution in [1.29, 1.82) is 0 Å². The first-order valence-electron chi connectivity index (χ1n) is 6.33. The lowest BCUT2D eigenvalue weighted by Crippen LogP contribution is -2.23. The third-order valence-electron chi connectivity index (χ3n) is 3.12. The van der Waals surface area contributed by atoms with Gasteiger partial charge in [-0.1, -0.05) is 30.3 Å². The predicted octanol–water partition coefficient (Wildman–Crippen LogP) is 3.24. The van der Waals surface area contributed by atoms with Crippen LogP contribution in [0.15, 0.2) is 54.6 Å². The molecule has 0 saturated heterocycles. The molecule has 0 aliphatic heterocycles. The highest BCUT2D eigenvalue weighted by Gasteiger charge is 2.08. The second-order valence-corrected chi connectivity index (χ2v) is 4.58. The van der Waals surface area contributed by atoms with Gasteiger partial charge in [0.15, 0.2) is 0 Å². The zero-order chi connectivity index (χ0) is 13.9. The predicted molar refractivity (Wildman–Crippen MR) is 75.9 cm³/mol. The molecular weight excluding hydrogens is 255 g/mol. The SMILES string of the molecule is O=C(NCc1cccc(F)c1)c1cc2ccccc2[nH]1. The number of nitrogens with one attached hydrogen (secondary N) is 2. The highest BCUT2D eigenvalue weighted by molar-refractivity contribution is 5.97. The second-order valence-electron chi connectivity index (χ2n) is 4.58. The summed E-state index contributed by atoms with van der Waals surface area (Å²) in [4.78, 5) is 15.1. The molecular formula is C16H13FN2O. The molecule has 0 saturated carbocycles. The number of aromatic nitrogens is 1. The molecule has 3 rings (SSSR count). The quantitative estimate of drug-likeness (QED) is 0.752. The van der Waals surface area contributed by atoms with Crippen LogP contribution < -0.4 is 5.32 Å². The van der Waals surface area contributed by atoms with Gasteiger partial charge in [-0.05, 0) is 29.8 Å². The van der Waals surface area contributed by atoms with Crippen LogP contribution in [0.3, 0.4) is 0 Å². The fourth-order valence-corrected chi connectivity index (χ4v) is 2.12. The van der Waals surface area contributed by atoms with Crippen LogP contribution in [0.4, 0.5) is 4.39 Å². The Morgan fingerprint density at radius 1 is 1.10 bits per heavy atom. The number of rotatable bonds is 3. The molecule has 0 unspecified atom stereocenters. The van der Waals surface area contributed by atoms with Gasteiger partial charge in [-0.3, -0.25) is 4.79 Å². The van der Waals surface area contributed by atoms with Crippen LogP contribution in [0.1, 0.15) is 16.1 Å². The summed E-state index contributed by atoms with van der Waals surface area (Å²) >= 11 is 0. The van der Waals surface area contributed by atoms with E-state index in [0.717, 1.165) is 16.5 Å². The zero-order valence-corrected chi connectivity index (χ0v) is 10.7. The van der Waals surface area contributed by atoms with Gasteiger partial charge in [0.1, 0.15) is 11.5 Å². The van der Waals surface area contributed by atoms with Crippen LogP contribution in [0.2, 0.25) is 0 Å². The normalized spacial score (nSPS) is 10.7. The molecule has 0 spiro atoms. The van der Waals surface area contributed by atoms with E-state index in [9.17, 15) is 9.18 Å². The van der Waals surface area contributed by atoms with Crippen molar-refractivity contribution in [3.63, 3.8) is 0 Å². The van der Waals surface area contributed by atoms with Crippen LogP contribution in [0, 0.1) is 5.82 Å². The highest BCUT2D eigenvalue weighted by Crippen LogP contribution is 2.14. The van der Waals surface area contributed by atoms with Gasteiger partial charge in [0.25, 0.3) is 5.91 Å². The number of halogens is 1. The van der Waals surface area contributed by atoms with Crippen LogP contribution in [0.5, 0.6) is 0 Å². The van der Waals surface area contributed by atoms with E-state index in [0.29, 0.717) is 12.2 Å². The molecule has 3 aromatic rings. The average molecular weight is 268 g/mol. The van der Waals surface area contributed by atoms with Gasteiger partial charge < -0.3 is 10.3 Å². The average Bonchev–Trinajstić information content (AvgIpc) is 2.89. The van der Waals surface area contributed by atoms with Gasteiger partial charge in [-0.2, -0.15) is 0 Å². The summed E-state index contributed by atoms with van der Waals surface area (Å²) in [7, 11) is 0. The monoisotopic (exact) mass is 268 g/mol. The van der Waals surface area contributed by atoms with E-state index < -0.39 is 0 Å². The minimum atomic E-state index is -0.303. The second kappa shape index (κ2) is 5.17. The van der Waals surface area contributed by atoms with E-state index in [-0.39, 0.29) is 11.7 Å². The Kier molecular flexibility index (Phi) is 3.21. The third kappa shape index (κ3) is 2.54. The van der Waals surface area contributed by atoms with Gasteiger partial charge in [0, 0.05) is 17.4 Å². The van der Waals surface area contributed by atoms with Crippen LogP contribution >= 0.6 is 0 Å². The number of carbonyl (C=O) groups is 1. The van der Waals surface area contributed by atoms with E-state index in [1.54, 1.807) is 18.2 Å². The van der Waals surface area contributed by atoms with Gasteiger partial charge in [0.2, 0.25) is 0 Å². The molecule has 2 N–H and O–H groups in total. The van der Waals surface area contributed by atoms with Crippen molar-refractivity contribution in [3.05, 3.63) is 71.7 Å². The Morgan fingerprint density at radius 3 is 2.75 bits per heavy atom. The lowest BCUT2D eigenvalue weighted by Gasteiger charge is -2.03. The molecule has 0 aliphatic carbocycles. The molecule has 1 heterocycles. The smallest absolute Gasteiger partial charge is 0.267 e. The van der Waals surface area contributed by atoms with Crippen molar-refractivity contribution in [1.82, 2.24) is 10.3 Å². The number of hydrogen-bond donors (Lipinski definition) is 2. The van der Waals surface area contributed by atoms with E-state index in [2.05, 4.69) is 10.3 Å². The first-order chi connectivity index (χ1) is 9.72. The molecule has 100 valence electrons. The van der Waals surface area contributed by atoms with Crippen molar-refractivity contribution < 1.29 is 9.18 Å². The Bertz CT molecular complexity index is 731. The Balaban J connectivity index is 1.73. The molecule has 3 nitrogen and oxygen atoms in total. The molecule has 20 heavy (non-hydrogen) atoms. The number of amides is 1. The molecule has 0 radical (unpaired) electrons. The van der Waals surface area contributed by atoms with Crippen molar-refractivity contribution in [2.24, 2.45) is 0 Å². The van der Waals surface area contributed by atoms with Gasteiger partial charge >= 0.3 is 0 Å². The third-order valence-corrected chi connectivity index (χ3v) is 3.12. The molecule has 1 amide bonds. The Labute approximate surface area is 115 Å². The Morgan fingerprint density at radius 2 is 1.95 bits per heavy atom. The highest BCUT2D eigenvalue weighted by atomic mass is 19.1. The standard InChI is InChI=1S/C16H13FN2O/c17-13-6-3-4-11(8-13)10-18-16(20)15-9-12-5-1-2-7-14(12)19-15/h1-9,19H,10H2,(H,18,20). The first-order valence-corrected chi connectivity index (χ1v) is 6.33. The van der Waals surface area contributed by atoms with Crippen LogP contribution in [-0.4, -0.2) is 10.9 Å². The largest absolute Gasteiger partial charge is 0.351 e. The summed E-state index contributed by atoms with van der Waals surface area (Å²) in [6.45, 7) is 0.298. The van der Waals surface area contributed by atoms with Crippen molar-refractivity contribution >= 4 is 16.8 Å². The van der Waals surface area contributed by atoms with Crippen LogP contribution in [0.25, 0.3) is 10.9 Å². The van der Waals surface area contributed by atoms with E-state index in [1.807, 2.05) is 24.3 Å². The van der Waals surface area contributed by atoms with Crippen LogP contribution in [-0.2, 0) is 6.54 Å². The summed E-state index contributed by atoms with van der Waals surface area (Å²) < 4.78 is 13.0. The first kappa shape index (κ1) is 12.4. The number of benzene rings is 2. The number of H-pyrrole nitrogens is 1. The van der Waals surface area contributed by atoms with Gasteiger partial charge in [-0.25, -0.2) is 4.39 Å². The number of para-hydroxylation sites is 1. The lowest BCUT2D eigenvalue weighted by atomic mass is 10.2. The summed E-state index contributed by atoms with van der Waals surface area (Å²) in [6.07, 6.45) is 0. The number of carbonyl (C=O) groups excluding carboxylic acids is 1. The molecule has 0 aliphatic rings. The Hall–Kier alpha value is -2.62. The number of fused-ring (bicyclic) bond motifs is 1. The minimum Gasteiger partial charge on any atom is -0.351 e. The molecule has 0 bridgehead atoms. The van der Waals surface area contributed by atoms with E-state index in [1.165, 1.54) is 12.1 Å².